The molecule has 0 radical (unpaired) electrons. The Morgan fingerprint density at radius 3 is 3.12 bits per heavy atom. The van der Waals surface area contributed by atoms with Gasteiger partial charge in [-0.25, -0.2) is 0 Å². The van der Waals surface area contributed by atoms with Crippen LogP contribution in [0, 0.1) is 11.3 Å². The molecule has 0 aliphatic rings. The van der Waals surface area contributed by atoms with E-state index in [1.54, 1.807) is 6.07 Å². The molecule has 2 aromatic rings. The third kappa shape index (κ3) is 2.29. The minimum Gasteiger partial charge on any atom is -0.397 e. The number of aromatic nitrogens is 2. The highest BCUT2D eigenvalue weighted by Gasteiger charge is 2.05. The van der Waals surface area contributed by atoms with Gasteiger partial charge >= 0.3 is 0 Å². The maximum absolute atomic E-state index is 8.73. The number of anilines is 2. The van der Waals surface area contributed by atoms with Crippen LogP contribution in [0.1, 0.15) is 10.7 Å². The molecule has 0 fully saturated rings. The van der Waals surface area contributed by atoms with Crippen molar-refractivity contribution in [2.75, 3.05) is 17.6 Å². The number of nitrogens with one attached hydrogen (secondary N) is 1. The molecule has 0 unspecified atom stereocenters. The summed E-state index contributed by atoms with van der Waals surface area (Å²) in [6, 6.07) is 3.78. The number of nitrogens with two attached hydrogens (primary N) is 1. The van der Waals surface area contributed by atoms with Gasteiger partial charge in [0.2, 0.25) is 6.39 Å². The van der Waals surface area contributed by atoms with Crippen molar-refractivity contribution in [1.29, 1.82) is 5.26 Å². The van der Waals surface area contributed by atoms with E-state index in [-0.39, 0.29) is 0 Å². The van der Waals surface area contributed by atoms with E-state index < -0.39 is 0 Å². The van der Waals surface area contributed by atoms with E-state index in [0.717, 1.165) is 5.00 Å². The maximum Gasteiger partial charge on any atom is 0.213 e. The Bertz CT molecular complexity index is 498. The molecule has 0 bridgehead atoms. The molecule has 16 heavy (non-hydrogen) atoms. The Morgan fingerprint density at radius 2 is 2.50 bits per heavy atom. The average molecular weight is 235 g/mol. The summed E-state index contributed by atoms with van der Waals surface area (Å²) in [6.07, 6.45) is 1.96. The predicted octanol–water partition coefficient (Wildman–Crippen LogP) is 1.24. The van der Waals surface area contributed by atoms with Crippen LogP contribution in [0.3, 0.4) is 0 Å². The summed E-state index contributed by atoms with van der Waals surface area (Å²) in [7, 11) is 0. The number of nitrogens with zero attached hydrogens (tertiary/aromatic N) is 3. The van der Waals surface area contributed by atoms with Crippen LogP contribution in [0.2, 0.25) is 0 Å². The summed E-state index contributed by atoms with van der Waals surface area (Å²) in [5.74, 6) is 0.650. The molecule has 3 N–H and O–H groups in total. The fraction of sp³-hybridized carbons (Fsp3) is 0.222. The molecule has 0 spiro atoms. The summed E-state index contributed by atoms with van der Waals surface area (Å²) in [6.45, 7) is 0.671. The molecule has 2 rings (SSSR count). The van der Waals surface area contributed by atoms with Gasteiger partial charge in [0.05, 0.1) is 10.7 Å². The standard InChI is InChI=1S/C9H9N5OS/c10-4-7-6(11)3-9(16-7)12-2-1-8-13-5-15-14-8/h3,5,12H,1-2,11H2. The summed E-state index contributed by atoms with van der Waals surface area (Å²) < 4.78 is 4.61. The van der Waals surface area contributed by atoms with Crippen molar-refractivity contribution < 1.29 is 4.52 Å². The van der Waals surface area contributed by atoms with Crippen LogP contribution in [-0.4, -0.2) is 16.7 Å². The van der Waals surface area contributed by atoms with Gasteiger partial charge < -0.3 is 15.6 Å². The second kappa shape index (κ2) is 4.63. The number of hydrogen-bond acceptors (Lipinski definition) is 7. The summed E-state index contributed by atoms with van der Waals surface area (Å²) >= 11 is 1.34. The van der Waals surface area contributed by atoms with Gasteiger partial charge in [0.15, 0.2) is 5.82 Å². The molecule has 2 aromatic heterocycles. The topological polar surface area (TPSA) is 101 Å². The molecule has 2 heterocycles. The van der Waals surface area contributed by atoms with Crippen molar-refractivity contribution in [3.8, 4) is 6.07 Å². The molecule has 6 nitrogen and oxygen atoms in total. The SMILES string of the molecule is N#Cc1sc(NCCc2ncon2)cc1N. The number of rotatable bonds is 4. The van der Waals surface area contributed by atoms with E-state index >= 15 is 0 Å². The lowest BCUT2D eigenvalue weighted by molar-refractivity contribution is 0.410. The Labute approximate surface area is 95.7 Å². The van der Waals surface area contributed by atoms with Crippen molar-refractivity contribution >= 4 is 22.0 Å². The van der Waals surface area contributed by atoms with E-state index in [1.165, 1.54) is 17.7 Å². The van der Waals surface area contributed by atoms with Crippen LogP contribution in [0.15, 0.2) is 17.0 Å². The largest absolute Gasteiger partial charge is 0.397 e. The highest BCUT2D eigenvalue weighted by molar-refractivity contribution is 7.17. The zero-order chi connectivity index (χ0) is 11.4. The molecule has 7 heteroatoms. The number of thiophene rings is 1. The van der Waals surface area contributed by atoms with E-state index in [4.69, 9.17) is 11.0 Å². The van der Waals surface area contributed by atoms with Crippen LogP contribution in [0.5, 0.6) is 0 Å². The highest BCUT2D eigenvalue weighted by Crippen LogP contribution is 2.27. The Morgan fingerprint density at radius 1 is 1.62 bits per heavy atom. The van der Waals surface area contributed by atoms with Gasteiger partial charge in [0.1, 0.15) is 10.9 Å². The molecule has 0 aliphatic carbocycles. The fourth-order valence-corrected chi connectivity index (χ4v) is 1.98. The molecular weight excluding hydrogens is 226 g/mol. The van der Waals surface area contributed by atoms with Gasteiger partial charge in [-0.15, -0.1) is 11.3 Å². The number of hydrogen-bond donors (Lipinski definition) is 2. The number of nitriles is 1. The van der Waals surface area contributed by atoms with Gasteiger partial charge in [-0.3, -0.25) is 0 Å². The zero-order valence-electron chi connectivity index (χ0n) is 8.30. The lowest BCUT2D eigenvalue weighted by Gasteiger charge is -1.99. The van der Waals surface area contributed by atoms with Gasteiger partial charge in [-0.05, 0) is 6.07 Å². The first-order chi connectivity index (χ1) is 7.79. The summed E-state index contributed by atoms with van der Waals surface area (Å²) in [5.41, 5.74) is 6.14. The minimum atomic E-state index is 0.509. The lowest BCUT2D eigenvalue weighted by atomic mass is 10.4. The third-order valence-electron chi connectivity index (χ3n) is 1.92. The second-order valence-corrected chi connectivity index (χ2v) is 4.08. The molecule has 0 aliphatic heterocycles. The maximum atomic E-state index is 8.73. The first-order valence-electron chi connectivity index (χ1n) is 4.58. The van der Waals surface area contributed by atoms with Gasteiger partial charge in [-0.1, -0.05) is 5.16 Å². The molecule has 0 atom stereocenters. The van der Waals surface area contributed by atoms with Crippen LogP contribution >= 0.6 is 11.3 Å². The first kappa shape index (κ1) is 10.4. The Hall–Kier alpha value is -2.07. The van der Waals surface area contributed by atoms with Crippen molar-refractivity contribution in [2.45, 2.75) is 6.42 Å². The minimum absolute atomic E-state index is 0.509. The highest BCUT2D eigenvalue weighted by atomic mass is 32.1. The van der Waals surface area contributed by atoms with Crippen molar-refractivity contribution in [3.63, 3.8) is 0 Å². The van der Waals surface area contributed by atoms with E-state index in [0.29, 0.717) is 29.4 Å². The third-order valence-corrected chi connectivity index (χ3v) is 2.93. The van der Waals surface area contributed by atoms with Gasteiger partial charge in [0.25, 0.3) is 0 Å². The summed E-state index contributed by atoms with van der Waals surface area (Å²) in [5, 5.41) is 16.4. The fourth-order valence-electron chi connectivity index (χ4n) is 1.18. The molecule has 0 saturated carbocycles. The van der Waals surface area contributed by atoms with Gasteiger partial charge in [0, 0.05) is 13.0 Å². The number of nitrogen functional groups attached to an aromatic ring is 1. The van der Waals surface area contributed by atoms with Crippen LogP contribution in [-0.2, 0) is 6.42 Å². The molecule has 82 valence electrons. The van der Waals surface area contributed by atoms with Gasteiger partial charge in [-0.2, -0.15) is 10.2 Å². The first-order valence-corrected chi connectivity index (χ1v) is 5.40. The van der Waals surface area contributed by atoms with Crippen LogP contribution in [0.4, 0.5) is 10.7 Å². The van der Waals surface area contributed by atoms with Crippen molar-refractivity contribution in [2.24, 2.45) is 0 Å². The van der Waals surface area contributed by atoms with E-state index in [2.05, 4.69) is 20.0 Å². The monoisotopic (exact) mass is 235 g/mol. The predicted molar refractivity (Wildman–Crippen MR) is 59.9 cm³/mol. The quantitative estimate of drug-likeness (QED) is 0.826. The molecule has 0 aromatic carbocycles. The molecule has 0 saturated heterocycles. The molecular formula is C9H9N5OS. The van der Waals surface area contributed by atoms with E-state index in [1.807, 2.05) is 6.07 Å². The Balaban J connectivity index is 1.88. The van der Waals surface area contributed by atoms with E-state index in [9.17, 15) is 0 Å². The van der Waals surface area contributed by atoms with Crippen LogP contribution < -0.4 is 11.1 Å². The smallest absolute Gasteiger partial charge is 0.213 e. The Kier molecular flexibility index (Phi) is 3.03. The lowest BCUT2D eigenvalue weighted by Crippen LogP contribution is -2.04. The second-order valence-electron chi connectivity index (χ2n) is 3.03. The zero-order valence-corrected chi connectivity index (χ0v) is 9.12. The normalized spacial score (nSPS) is 9.94. The van der Waals surface area contributed by atoms with Crippen LogP contribution in [0.25, 0.3) is 0 Å². The summed E-state index contributed by atoms with van der Waals surface area (Å²) in [4.78, 5) is 4.42. The average Bonchev–Trinajstić information content (AvgIpc) is 2.88. The van der Waals surface area contributed by atoms with Crippen molar-refractivity contribution in [3.05, 3.63) is 23.2 Å². The molecule has 0 amide bonds. The van der Waals surface area contributed by atoms with Crippen molar-refractivity contribution in [1.82, 2.24) is 10.1 Å².